The van der Waals surface area contributed by atoms with E-state index in [2.05, 4.69) is 5.32 Å². The predicted molar refractivity (Wildman–Crippen MR) is 118 cm³/mol. The van der Waals surface area contributed by atoms with E-state index in [1.54, 1.807) is 12.1 Å². The molecule has 1 aliphatic heterocycles. The van der Waals surface area contributed by atoms with E-state index in [0.717, 1.165) is 11.8 Å². The van der Waals surface area contributed by atoms with E-state index < -0.39 is 21.8 Å². The van der Waals surface area contributed by atoms with Crippen LogP contribution < -0.4 is 14.8 Å². The summed E-state index contributed by atoms with van der Waals surface area (Å²) in [5, 5.41) is 2.98. The highest BCUT2D eigenvalue weighted by Crippen LogP contribution is 2.36. The molecule has 0 saturated heterocycles. The lowest BCUT2D eigenvalue weighted by molar-refractivity contribution is -0.120. The van der Waals surface area contributed by atoms with Crippen LogP contribution in [-0.2, 0) is 21.2 Å². The molecule has 1 N–H and O–H groups in total. The van der Waals surface area contributed by atoms with Gasteiger partial charge in [-0.1, -0.05) is 29.8 Å². The third-order valence-corrected chi connectivity index (χ3v) is 6.29. The number of ether oxygens (including phenoxy) is 2. The van der Waals surface area contributed by atoms with Crippen molar-refractivity contribution in [3.8, 4) is 11.5 Å². The molecule has 1 heterocycles. The number of amides is 2. The quantitative estimate of drug-likeness (QED) is 0.641. The first-order valence-corrected chi connectivity index (χ1v) is 11.9. The summed E-state index contributed by atoms with van der Waals surface area (Å²) in [4.78, 5) is 27.5. The molecule has 0 radical (unpaired) electrons. The standard InChI is InChI=1S/C21H23ClN2O6S/c1-29-18-11-19(30-2)16(10-15(18)22)23-20(25)17(8-9-31(3,27)28)24-12-13-6-4-5-7-14(13)21(24)26/h4-7,10-11,17H,8-9,12H2,1-3H3,(H,23,25). The van der Waals surface area contributed by atoms with Gasteiger partial charge in [0.2, 0.25) is 5.91 Å². The third-order valence-electron chi connectivity index (χ3n) is 5.02. The average Bonchev–Trinajstić information content (AvgIpc) is 3.04. The Balaban J connectivity index is 1.91. The van der Waals surface area contributed by atoms with Gasteiger partial charge in [-0.25, -0.2) is 8.42 Å². The monoisotopic (exact) mass is 466 g/mol. The fourth-order valence-corrected chi connectivity index (χ4v) is 4.35. The van der Waals surface area contributed by atoms with E-state index in [-0.39, 0.29) is 35.3 Å². The van der Waals surface area contributed by atoms with Gasteiger partial charge in [-0.15, -0.1) is 0 Å². The highest BCUT2D eigenvalue weighted by atomic mass is 35.5. The number of carbonyl (C=O) groups is 2. The largest absolute Gasteiger partial charge is 0.495 e. The first-order valence-electron chi connectivity index (χ1n) is 9.43. The van der Waals surface area contributed by atoms with Gasteiger partial charge < -0.3 is 19.7 Å². The van der Waals surface area contributed by atoms with E-state index >= 15 is 0 Å². The summed E-state index contributed by atoms with van der Waals surface area (Å²) < 4.78 is 34.0. The molecule has 0 aliphatic carbocycles. The highest BCUT2D eigenvalue weighted by Gasteiger charge is 2.36. The zero-order valence-corrected chi connectivity index (χ0v) is 18.9. The molecule has 2 aromatic rings. The number of halogens is 1. The minimum atomic E-state index is -3.35. The third kappa shape index (κ3) is 5.11. The van der Waals surface area contributed by atoms with Gasteiger partial charge in [0.15, 0.2) is 0 Å². The lowest BCUT2D eigenvalue weighted by atomic mass is 10.1. The molecule has 0 fully saturated rings. The van der Waals surface area contributed by atoms with Crippen LogP contribution in [0.1, 0.15) is 22.3 Å². The SMILES string of the molecule is COc1cc(OC)c(NC(=O)C(CCS(C)(=O)=O)N2Cc3ccccc3C2=O)cc1Cl. The van der Waals surface area contributed by atoms with Crippen LogP contribution in [0.5, 0.6) is 11.5 Å². The zero-order valence-electron chi connectivity index (χ0n) is 17.3. The van der Waals surface area contributed by atoms with Crippen molar-refractivity contribution < 1.29 is 27.5 Å². The van der Waals surface area contributed by atoms with E-state index in [4.69, 9.17) is 21.1 Å². The summed E-state index contributed by atoms with van der Waals surface area (Å²) >= 11 is 6.18. The molecule has 31 heavy (non-hydrogen) atoms. The number of nitrogens with zero attached hydrogens (tertiary/aromatic N) is 1. The van der Waals surface area contributed by atoms with Crippen molar-refractivity contribution in [2.24, 2.45) is 0 Å². The fourth-order valence-electron chi connectivity index (χ4n) is 3.46. The molecule has 0 aromatic heterocycles. The van der Waals surface area contributed by atoms with Crippen LogP contribution in [0.3, 0.4) is 0 Å². The highest BCUT2D eigenvalue weighted by molar-refractivity contribution is 7.90. The minimum absolute atomic E-state index is 0.0450. The van der Waals surface area contributed by atoms with Crippen LogP contribution >= 0.6 is 11.6 Å². The summed E-state index contributed by atoms with van der Waals surface area (Å²) in [5.41, 5.74) is 1.58. The topological polar surface area (TPSA) is 102 Å². The Morgan fingerprint density at radius 1 is 1.19 bits per heavy atom. The molecule has 1 aliphatic rings. The summed E-state index contributed by atoms with van der Waals surface area (Å²) in [6.45, 7) is 0.220. The second kappa shape index (κ2) is 9.15. The normalized spacial score (nSPS) is 14.2. The maximum absolute atomic E-state index is 13.2. The smallest absolute Gasteiger partial charge is 0.255 e. The maximum Gasteiger partial charge on any atom is 0.255 e. The first-order chi connectivity index (χ1) is 14.6. The van der Waals surface area contributed by atoms with Crippen molar-refractivity contribution >= 4 is 38.9 Å². The summed E-state index contributed by atoms with van der Waals surface area (Å²) in [6.07, 6.45) is 1.05. The second-order valence-electron chi connectivity index (χ2n) is 7.20. The zero-order chi connectivity index (χ0) is 22.8. The van der Waals surface area contributed by atoms with Crippen LogP contribution in [0.15, 0.2) is 36.4 Å². The summed E-state index contributed by atoms with van der Waals surface area (Å²) in [6, 6.07) is 9.06. The van der Waals surface area contributed by atoms with E-state index in [1.165, 1.54) is 31.3 Å². The number of sulfone groups is 1. The molecule has 1 unspecified atom stereocenters. The van der Waals surface area contributed by atoms with Crippen LogP contribution in [0, 0.1) is 0 Å². The second-order valence-corrected chi connectivity index (χ2v) is 9.87. The number of benzene rings is 2. The first kappa shape index (κ1) is 22.9. The van der Waals surface area contributed by atoms with Crippen molar-refractivity contribution in [3.05, 3.63) is 52.5 Å². The maximum atomic E-state index is 13.2. The molecule has 0 bridgehead atoms. The lowest BCUT2D eigenvalue weighted by Gasteiger charge is -2.27. The van der Waals surface area contributed by atoms with Gasteiger partial charge in [0.05, 0.1) is 30.7 Å². The average molecular weight is 467 g/mol. The Bertz CT molecular complexity index is 1120. The number of methoxy groups -OCH3 is 2. The molecule has 1 atom stereocenters. The van der Waals surface area contributed by atoms with Crippen LogP contribution in [0.4, 0.5) is 5.69 Å². The Kier molecular flexibility index (Phi) is 6.76. The number of nitrogens with one attached hydrogen (secondary N) is 1. The van der Waals surface area contributed by atoms with Crippen molar-refractivity contribution in [2.75, 3.05) is 31.5 Å². The number of carbonyl (C=O) groups excluding carboxylic acids is 2. The van der Waals surface area contributed by atoms with Gasteiger partial charge in [0, 0.05) is 24.4 Å². The predicted octanol–water partition coefficient (Wildman–Crippen LogP) is 2.76. The van der Waals surface area contributed by atoms with Gasteiger partial charge in [0.25, 0.3) is 5.91 Å². The molecule has 0 spiro atoms. The van der Waals surface area contributed by atoms with E-state index in [1.807, 2.05) is 12.1 Å². The Morgan fingerprint density at radius 2 is 1.87 bits per heavy atom. The number of hydrogen-bond acceptors (Lipinski definition) is 6. The van der Waals surface area contributed by atoms with Crippen LogP contribution in [0.25, 0.3) is 0 Å². The Hall–Kier alpha value is -2.78. The number of hydrogen-bond donors (Lipinski definition) is 1. The lowest BCUT2D eigenvalue weighted by Crippen LogP contribution is -2.45. The number of fused-ring (bicyclic) bond motifs is 1. The van der Waals surface area contributed by atoms with Crippen molar-refractivity contribution in [3.63, 3.8) is 0 Å². The van der Waals surface area contributed by atoms with Gasteiger partial charge in [-0.2, -0.15) is 0 Å². The molecular formula is C21H23ClN2O6S. The van der Waals surface area contributed by atoms with Gasteiger partial charge in [0.1, 0.15) is 27.4 Å². The molecule has 0 saturated carbocycles. The molecule has 2 aromatic carbocycles. The Morgan fingerprint density at radius 3 is 2.48 bits per heavy atom. The van der Waals surface area contributed by atoms with Gasteiger partial charge in [-0.3, -0.25) is 9.59 Å². The summed E-state index contributed by atoms with van der Waals surface area (Å²) in [5.74, 6) is -0.415. The molecule has 2 amide bonds. The van der Waals surface area contributed by atoms with Crippen molar-refractivity contribution in [1.82, 2.24) is 4.90 Å². The minimum Gasteiger partial charge on any atom is -0.495 e. The van der Waals surface area contributed by atoms with E-state index in [0.29, 0.717) is 17.1 Å². The molecular weight excluding hydrogens is 444 g/mol. The van der Waals surface area contributed by atoms with Crippen LogP contribution in [-0.4, -0.2) is 57.4 Å². The fraction of sp³-hybridized carbons (Fsp3) is 0.333. The van der Waals surface area contributed by atoms with Crippen LogP contribution in [0.2, 0.25) is 5.02 Å². The Labute approximate surface area is 186 Å². The summed E-state index contributed by atoms with van der Waals surface area (Å²) in [7, 11) is -0.463. The van der Waals surface area contributed by atoms with Gasteiger partial charge >= 0.3 is 0 Å². The molecule has 8 nitrogen and oxygen atoms in total. The number of rotatable bonds is 8. The molecule has 166 valence electrons. The number of anilines is 1. The van der Waals surface area contributed by atoms with E-state index in [9.17, 15) is 18.0 Å². The molecule has 3 rings (SSSR count). The molecule has 10 heteroatoms. The van der Waals surface area contributed by atoms with Gasteiger partial charge in [-0.05, 0) is 24.1 Å². The van der Waals surface area contributed by atoms with Crippen molar-refractivity contribution in [1.29, 1.82) is 0 Å². The van der Waals surface area contributed by atoms with Crippen molar-refractivity contribution in [2.45, 2.75) is 19.0 Å².